The molecule has 0 saturated carbocycles. The summed E-state index contributed by atoms with van der Waals surface area (Å²) in [5.41, 5.74) is 4.86. The first kappa shape index (κ1) is 29.8. The van der Waals surface area contributed by atoms with Gasteiger partial charge in [-0.05, 0) is 48.2 Å². The Labute approximate surface area is 254 Å². The van der Waals surface area contributed by atoms with E-state index in [1.54, 1.807) is 14.2 Å². The maximum absolute atomic E-state index is 12.3. The van der Waals surface area contributed by atoms with E-state index >= 15 is 0 Å². The number of nitrogens with zero attached hydrogens (tertiary/aromatic N) is 2. The van der Waals surface area contributed by atoms with Crippen LogP contribution in [0.25, 0.3) is 21.8 Å². The summed E-state index contributed by atoms with van der Waals surface area (Å²) in [5, 5.41) is 21.4. The molecule has 4 N–H and O–H groups in total. The smallest absolute Gasteiger partial charge is 0.272 e. The third-order valence-electron chi connectivity index (χ3n) is 7.06. The summed E-state index contributed by atoms with van der Waals surface area (Å²) in [6.45, 7) is 1.11. The summed E-state index contributed by atoms with van der Waals surface area (Å²) >= 11 is 0. The molecule has 0 aliphatic heterocycles. The first-order chi connectivity index (χ1) is 21.6. The van der Waals surface area contributed by atoms with Crippen LogP contribution < -0.4 is 20.1 Å². The molecular formula is C34H34N6O4. The van der Waals surface area contributed by atoms with Gasteiger partial charge >= 0.3 is 0 Å². The quantitative estimate of drug-likeness (QED) is 0.176. The second-order valence-electron chi connectivity index (χ2n) is 9.92. The van der Waals surface area contributed by atoms with Gasteiger partial charge in [0.1, 0.15) is 0 Å². The Morgan fingerprint density at radius 2 is 1.11 bits per heavy atom. The highest BCUT2D eigenvalue weighted by Gasteiger charge is 2.14. The summed E-state index contributed by atoms with van der Waals surface area (Å²) in [6.07, 6.45) is 1.50. The Morgan fingerprint density at radius 3 is 1.66 bits per heavy atom. The lowest BCUT2D eigenvalue weighted by molar-refractivity contribution is 0.0942. The van der Waals surface area contributed by atoms with Gasteiger partial charge in [0.2, 0.25) is 0 Å². The highest BCUT2D eigenvalue weighted by atomic mass is 16.5. The summed E-state index contributed by atoms with van der Waals surface area (Å²) in [6, 6.07) is 31.0. The number of hydrogen-bond acceptors (Lipinski definition) is 6. The van der Waals surface area contributed by atoms with Crippen LogP contribution in [0.3, 0.4) is 0 Å². The SMILES string of the molecule is COc1ccc(CCNC(=O)c2n[nH]c3ccccc23)cc1OC.O=C(NCCc1ccccc1)c1n[nH]c2ccccc12. The van der Waals surface area contributed by atoms with Crippen molar-refractivity contribution in [1.29, 1.82) is 0 Å². The number of amides is 2. The molecule has 10 nitrogen and oxygen atoms in total. The monoisotopic (exact) mass is 590 g/mol. The number of H-pyrrole nitrogens is 2. The van der Waals surface area contributed by atoms with Crippen molar-refractivity contribution in [3.63, 3.8) is 0 Å². The number of aromatic nitrogens is 4. The van der Waals surface area contributed by atoms with Crippen molar-refractivity contribution < 1.29 is 19.1 Å². The number of carbonyl (C=O) groups is 2. The molecule has 0 aliphatic rings. The molecule has 2 amide bonds. The predicted octanol–water partition coefficient (Wildman–Crippen LogP) is 5.09. The average Bonchev–Trinajstić information content (AvgIpc) is 3.70. The zero-order chi connectivity index (χ0) is 30.7. The molecule has 2 aromatic heterocycles. The van der Waals surface area contributed by atoms with Crippen molar-refractivity contribution in [3.05, 3.63) is 120 Å². The minimum Gasteiger partial charge on any atom is -0.493 e. The molecule has 0 unspecified atom stereocenters. The number of methoxy groups -OCH3 is 2. The topological polar surface area (TPSA) is 134 Å². The zero-order valence-corrected chi connectivity index (χ0v) is 24.6. The maximum Gasteiger partial charge on any atom is 0.272 e. The van der Waals surface area contributed by atoms with Crippen molar-refractivity contribution in [1.82, 2.24) is 31.0 Å². The van der Waals surface area contributed by atoms with E-state index < -0.39 is 0 Å². The van der Waals surface area contributed by atoms with E-state index in [2.05, 4.69) is 43.2 Å². The molecule has 0 atom stereocenters. The van der Waals surface area contributed by atoms with Crippen LogP contribution in [0.4, 0.5) is 0 Å². The fourth-order valence-corrected chi connectivity index (χ4v) is 4.76. The highest BCUT2D eigenvalue weighted by molar-refractivity contribution is 6.05. The Hall–Kier alpha value is -5.64. The zero-order valence-electron chi connectivity index (χ0n) is 24.6. The van der Waals surface area contributed by atoms with Crippen LogP contribution in [0.5, 0.6) is 11.5 Å². The minimum absolute atomic E-state index is 0.140. The van der Waals surface area contributed by atoms with Gasteiger partial charge < -0.3 is 20.1 Å². The van der Waals surface area contributed by atoms with Crippen molar-refractivity contribution in [3.8, 4) is 11.5 Å². The number of aromatic amines is 2. The lowest BCUT2D eigenvalue weighted by Crippen LogP contribution is -2.26. The van der Waals surface area contributed by atoms with Crippen molar-refractivity contribution in [2.24, 2.45) is 0 Å². The molecule has 0 saturated heterocycles. The Morgan fingerprint density at radius 1 is 0.614 bits per heavy atom. The van der Waals surface area contributed by atoms with Crippen molar-refractivity contribution in [2.45, 2.75) is 12.8 Å². The molecular weight excluding hydrogens is 556 g/mol. The average molecular weight is 591 g/mol. The van der Waals surface area contributed by atoms with Gasteiger partial charge in [0.25, 0.3) is 11.8 Å². The van der Waals surface area contributed by atoms with Gasteiger partial charge in [-0.25, -0.2) is 0 Å². The summed E-state index contributed by atoms with van der Waals surface area (Å²) in [5.74, 6) is 1.04. The molecule has 0 aliphatic carbocycles. The third-order valence-corrected chi connectivity index (χ3v) is 7.06. The number of ether oxygens (including phenoxy) is 2. The van der Waals surface area contributed by atoms with E-state index in [4.69, 9.17) is 9.47 Å². The van der Waals surface area contributed by atoms with Gasteiger partial charge in [-0.15, -0.1) is 0 Å². The molecule has 224 valence electrons. The Bertz CT molecular complexity index is 1850. The van der Waals surface area contributed by atoms with Gasteiger partial charge in [0, 0.05) is 23.9 Å². The van der Waals surface area contributed by atoms with E-state index in [1.165, 1.54) is 5.56 Å². The third kappa shape index (κ3) is 7.22. The molecule has 0 fully saturated rings. The van der Waals surface area contributed by atoms with Crippen LogP contribution in [0, 0.1) is 0 Å². The fraction of sp³-hybridized carbons (Fsp3) is 0.176. The van der Waals surface area contributed by atoms with Crippen molar-refractivity contribution in [2.75, 3.05) is 27.3 Å². The predicted molar refractivity (Wildman–Crippen MR) is 170 cm³/mol. The van der Waals surface area contributed by atoms with Gasteiger partial charge in [-0.3, -0.25) is 19.8 Å². The van der Waals surface area contributed by atoms with Crippen LogP contribution in [-0.4, -0.2) is 59.5 Å². The Kier molecular flexibility index (Phi) is 9.83. The first-order valence-electron chi connectivity index (χ1n) is 14.2. The highest BCUT2D eigenvalue weighted by Crippen LogP contribution is 2.27. The molecule has 0 bridgehead atoms. The molecule has 4 aromatic carbocycles. The van der Waals surface area contributed by atoms with Crippen LogP contribution in [0.2, 0.25) is 0 Å². The number of fused-ring (bicyclic) bond motifs is 2. The van der Waals surface area contributed by atoms with Gasteiger partial charge in [-0.2, -0.15) is 10.2 Å². The number of para-hydroxylation sites is 2. The molecule has 0 spiro atoms. The maximum atomic E-state index is 12.3. The normalized spacial score (nSPS) is 10.6. The summed E-state index contributed by atoms with van der Waals surface area (Å²) < 4.78 is 10.5. The van der Waals surface area contributed by atoms with E-state index in [-0.39, 0.29) is 11.8 Å². The number of hydrogen-bond donors (Lipinski definition) is 4. The van der Waals surface area contributed by atoms with Crippen molar-refractivity contribution >= 4 is 33.6 Å². The standard InChI is InChI=1S/C18H19N3O3.C16H15N3O/c1-23-15-8-7-12(11-16(15)24-2)9-10-19-18(22)17-13-5-3-4-6-14(13)20-21-17;20-16(17-11-10-12-6-2-1-3-7-12)15-13-8-4-5-9-14(13)18-19-15/h3-8,11H,9-10H2,1-2H3,(H,19,22)(H,20,21);1-9H,10-11H2,(H,17,20)(H,18,19). The Balaban J connectivity index is 0.000000177. The van der Waals surface area contributed by atoms with E-state index in [9.17, 15) is 9.59 Å². The van der Waals surface area contributed by atoms with Gasteiger partial charge in [0.05, 0.1) is 25.3 Å². The summed E-state index contributed by atoms with van der Waals surface area (Å²) in [7, 11) is 3.21. The first-order valence-corrected chi connectivity index (χ1v) is 14.2. The molecule has 10 heteroatoms. The largest absolute Gasteiger partial charge is 0.493 e. The second-order valence-corrected chi connectivity index (χ2v) is 9.92. The molecule has 2 heterocycles. The van der Waals surface area contributed by atoms with E-state index in [1.807, 2.05) is 84.9 Å². The van der Waals surface area contributed by atoms with E-state index in [0.717, 1.165) is 33.8 Å². The van der Waals surface area contributed by atoms with Crippen LogP contribution in [0.15, 0.2) is 97.1 Å². The number of benzene rings is 4. The molecule has 6 rings (SSSR count). The number of rotatable bonds is 10. The molecule has 0 radical (unpaired) electrons. The van der Waals surface area contributed by atoms with Gasteiger partial charge in [0.15, 0.2) is 22.9 Å². The van der Waals surface area contributed by atoms with Crippen LogP contribution in [0.1, 0.15) is 32.1 Å². The minimum atomic E-state index is -0.187. The van der Waals surface area contributed by atoms with E-state index in [0.29, 0.717) is 42.4 Å². The lowest BCUT2D eigenvalue weighted by Gasteiger charge is -2.10. The second kappa shape index (κ2) is 14.5. The molecule has 6 aromatic rings. The summed E-state index contributed by atoms with van der Waals surface area (Å²) in [4.78, 5) is 24.4. The fourth-order valence-electron chi connectivity index (χ4n) is 4.76. The number of nitrogens with one attached hydrogen (secondary N) is 4. The lowest BCUT2D eigenvalue weighted by atomic mass is 10.1. The van der Waals surface area contributed by atoms with Gasteiger partial charge in [-0.1, -0.05) is 72.8 Å². The molecule has 44 heavy (non-hydrogen) atoms. The van der Waals surface area contributed by atoms with Crippen LogP contribution >= 0.6 is 0 Å². The van der Waals surface area contributed by atoms with Crippen LogP contribution in [-0.2, 0) is 12.8 Å². The number of carbonyl (C=O) groups excluding carboxylic acids is 2.